The number of amides is 2. The maximum Gasteiger partial charge on any atom is 0.251 e. The van der Waals surface area contributed by atoms with E-state index in [2.05, 4.69) is 22.2 Å². The highest BCUT2D eigenvalue weighted by atomic mass is 32.1. The van der Waals surface area contributed by atoms with Gasteiger partial charge in [0.15, 0.2) is 10.9 Å². The number of likely N-dealkylation sites (N-methyl/N-ethyl adjacent to an activating group) is 1. The minimum Gasteiger partial charge on any atom is -0.388 e. The van der Waals surface area contributed by atoms with E-state index in [0.29, 0.717) is 12.0 Å². The molecular formula is C27H35N5O5S. The van der Waals surface area contributed by atoms with Gasteiger partial charge < -0.3 is 29.9 Å². The Kier molecular flexibility index (Phi) is 7.80. The molecule has 4 heterocycles. The number of hydrogen-bond acceptors (Lipinski definition) is 9. The fraction of sp³-hybridized carbons (Fsp3) is 0.556. The maximum absolute atomic E-state index is 13.5. The first kappa shape index (κ1) is 26.7. The highest BCUT2D eigenvalue weighted by Crippen LogP contribution is 2.30. The van der Waals surface area contributed by atoms with Crippen LogP contribution in [-0.2, 0) is 14.3 Å². The van der Waals surface area contributed by atoms with Crippen LogP contribution in [0.1, 0.15) is 30.6 Å². The Bertz CT molecular complexity index is 1180. The number of likely N-dealkylation sites (tertiary alicyclic amines) is 1. The highest BCUT2D eigenvalue weighted by molar-refractivity contribution is 7.14. The lowest BCUT2D eigenvalue weighted by Crippen LogP contribution is -2.54. The average molecular weight is 542 g/mol. The Morgan fingerprint density at radius 1 is 1.21 bits per heavy atom. The summed E-state index contributed by atoms with van der Waals surface area (Å²) in [5.41, 5.74) is 2.22. The van der Waals surface area contributed by atoms with E-state index < -0.39 is 24.3 Å². The van der Waals surface area contributed by atoms with Crippen molar-refractivity contribution in [1.82, 2.24) is 20.1 Å². The highest BCUT2D eigenvalue weighted by Gasteiger charge is 2.53. The summed E-state index contributed by atoms with van der Waals surface area (Å²) in [5.74, 6) is -1.12. The summed E-state index contributed by atoms with van der Waals surface area (Å²) in [6, 6.07) is 5.59. The quantitative estimate of drug-likeness (QED) is 0.538. The smallest absolute Gasteiger partial charge is 0.251 e. The number of fused-ring (bicyclic) bond motifs is 1. The molecule has 1 aromatic heterocycles. The number of ether oxygens (including phenoxy) is 1. The van der Waals surface area contributed by atoms with Crippen molar-refractivity contribution in [3.8, 4) is 11.3 Å². The minimum atomic E-state index is -0.918. The number of anilines is 1. The minimum absolute atomic E-state index is 0.0150. The molecule has 2 N–H and O–H groups in total. The van der Waals surface area contributed by atoms with E-state index in [1.807, 2.05) is 31.4 Å². The summed E-state index contributed by atoms with van der Waals surface area (Å²) >= 11 is 1.62. The number of thiazole rings is 1. The summed E-state index contributed by atoms with van der Waals surface area (Å²) in [5, 5.41) is 16.2. The summed E-state index contributed by atoms with van der Waals surface area (Å²) in [6.07, 6.45) is -0.960. The molecule has 2 amide bonds. The van der Waals surface area contributed by atoms with Crippen molar-refractivity contribution in [2.45, 2.75) is 44.6 Å². The number of benzene rings is 1. The fourth-order valence-electron chi connectivity index (χ4n) is 5.28. The number of rotatable bonds is 7. The van der Waals surface area contributed by atoms with Gasteiger partial charge in [0.05, 0.1) is 12.2 Å². The molecule has 1 aromatic carbocycles. The molecule has 204 valence electrons. The number of β-amino-alcohol motifs (C(OH)–C–C–N with tert-alkyl or cyclic N) is 1. The number of hydrogen-bond donors (Lipinski definition) is 2. The third-order valence-electron chi connectivity index (χ3n) is 7.92. The van der Waals surface area contributed by atoms with Gasteiger partial charge in [-0.2, -0.15) is 0 Å². The van der Waals surface area contributed by atoms with E-state index in [9.17, 15) is 19.5 Å². The van der Waals surface area contributed by atoms with E-state index in [-0.39, 0.29) is 36.7 Å². The Balaban J connectivity index is 1.27. The number of aromatic nitrogens is 1. The van der Waals surface area contributed by atoms with E-state index in [1.165, 1.54) is 4.90 Å². The molecule has 10 nitrogen and oxygen atoms in total. The first-order valence-electron chi connectivity index (χ1n) is 13.2. The second-order valence-corrected chi connectivity index (χ2v) is 11.3. The number of carbonyl (C=O) groups is 3. The summed E-state index contributed by atoms with van der Waals surface area (Å²) in [7, 11) is 2.13. The monoisotopic (exact) mass is 541 g/mol. The molecule has 38 heavy (non-hydrogen) atoms. The Morgan fingerprint density at radius 2 is 1.92 bits per heavy atom. The molecule has 0 aliphatic carbocycles. The van der Waals surface area contributed by atoms with Crippen molar-refractivity contribution in [2.75, 3.05) is 51.3 Å². The van der Waals surface area contributed by atoms with Crippen LogP contribution in [0.2, 0.25) is 0 Å². The van der Waals surface area contributed by atoms with Gasteiger partial charge in [-0.05, 0) is 25.1 Å². The van der Waals surface area contributed by atoms with Crippen LogP contribution in [-0.4, -0.2) is 108 Å². The van der Waals surface area contributed by atoms with Crippen LogP contribution in [0, 0.1) is 5.92 Å². The Morgan fingerprint density at radius 3 is 2.61 bits per heavy atom. The topological polar surface area (TPSA) is 115 Å². The molecule has 0 bridgehead atoms. The van der Waals surface area contributed by atoms with Crippen LogP contribution in [0.4, 0.5) is 5.13 Å². The van der Waals surface area contributed by atoms with Gasteiger partial charge in [0, 0.05) is 42.7 Å². The van der Waals surface area contributed by atoms with Crippen LogP contribution in [0.25, 0.3) is 11.3 Å². The summed E-state index contributed by atoms with van der Waals surface area (Å²) < 4.78 is 5.40. The Hall–Kier alpha value is -2.86. The zero-order valence-electron chi connectivity index (χ0n) is 22.0. The van der Waals surface area contributed by atoms with Gasteiger partial charge in [-0.1, -0.05) is 32.4 Å². The number of aliphatic hydroxyl groups excluding tert-OH is 1. The first-order chi connectivity index (χ1) is 18.3. The molecule has 5 atom stereocenters. The predicted octanol–water partition coefficient (Wildman–Crippen LogP) is 1.25. The van der Waals surface area contributed by atoms with Gasteiger partial charge in [-0.15, -0.1) is 11.3 Å². The van der Waals surface area contributed by atoms with Crippen LogP contribution in [0.15, 0.2) is 29.6 Å². The van der Waals surface area contributed by atoms with Crippen LogP contribution >= 0.6 is 11.3 Å². The van der Waals surface area contributed by atoms with E-state index >= 15 is 0 Å². The largest absolute Gasteiger partial charge is 0.388 e. The summed E-state index contributed by atoms with van der Waals surface area (Å²) in [6.45, 7) is 7.69. The van der Waals surface area contributed by atoms with Crippen LogP contribution in [0.5, 0.6) is 0 Å². The number of carbonyl (C=O) groups excluding carboxylic acids is 3. The van der Waals surface area contributed by atoms with Gasteiger partial charge in [-0.25, -0.2) is 4.98 Å². The molecule has 0 radical (unpaired) electrons. The van der Waals surface area contributed by atoms with Gasteiger partial charge in [-0.3, -0.25) is 14.4 Å². The molecule has 3 saturated heterocycles. The lowest BCUT2D eigenvalue weighted by Gasteiger charge is -2.32. The van der Waals surface area contributed by atoms with Crippen molar-refractivity contribution in [3.05, 3.63) is 35.2 Å². The third kappa shape index (κ3) is 5.20. The zero-order chi connectivity index (χ0) is 27.0. The van der Waals surface area contributed by atoms with Gasteiger partial charge in [0.25, 0.3) is 5.91 Å². The van der Waals surface area contributed by atoms with Crippen molar-refractivity contribution in [3.63, 3.8) is 0 Å². The molecule has 11 heteroatoms. The number of ketones is 1. The third-order valence-corrected chi connectivity index (χ3v) is 8.82. The number of piperazine rings is 1. The van der Waals surface area contributed by atoms with Crippen molar-refractivity contribution >= 4 is 34.1 Å². The molecule has 3 fully saturated rings. The molecule has 3 aliphatic rings. The second-order valence-electron chi connectivity index (χ2n) is 10.5. The SMILES string of the molecule is CC[C@H](C)[C@H](NC(=O)c1ccc(-c2csc(N3CCN(C)CC3)n2)cc1)C(=O)N1C[C@@H](O)[C@H]2OCC(=O)[C@H]21. The zero-order valence-corrected chi connectivity index (χ0v) is 22.8. The lowest BCUT2D eigenvalue weighted by atomic mass is 9.96. The van der Waals surface area contributed by atoms with E-state index in [0.717, 1.165) is 42.6 Å². The van der Waals surface area contributed by atoms with Crippen molar-refractivity contribution < 1.29 is 24.2 Å². The summed E-state index contributed by atoms with van der Waals surface area (Å²) in [4.78, 5) is 49.9. The van der Waals surface area contributed by atoms with E-state index in [4.69, 9.17) is 9.72 Å². The average Bonchev–Trinajstić information content (AvgIpc) is 3.65. The molecule has 3 aliphatic heterocycles. The normalized spacial score (nSPS) is 25.4. The van der Waals surface area contributed by atoms with Crippen LogP contribution < -0.4 is 10.2 Å². The number of nitrogens with one attached hydrogen (secondary N) is 1. The second kappa shape index (κ2) is 11.1. The van der Waals surface area contributed by atoms with Crippen molar-refractivity contribution in [1.29, 1.82) is 0 Å². The molecule has 0 unspecified atom stereocenters. The molecule has 0 saturated carbocycles. The number of nitrogens with zero attached hydrogens (tertiary/aromatic N) is 4. The van der Waals surface area contributed by atoms with Gasteiger partial charge in [0.1, 0.15) is 30.9 Å². The molecular weight excluding hydrogens is 506 g/mol. The first-order valence-corrected chi connectivity index (χ1v) is 14.1. The predicted molar refractivity (Wildman–Crippen MR) is 144 cm³/mol. The maximum atomic E-state index is 13.5. The molecule has 5 rings (SSSR count). The van der Waals surface area contributed by atoms with Crippen LogP contribution in [0.3, 0.4) is 0 Å². The molecule has 0 spiro atoms. The fourth-order valence-corrected chi connectivity index (χ4v) is 6.16. The Labute approximate surface area is 226 Å². The van der Waals surface area contributed by atoms with E-state index in [1.54, 1.807) is 23.5 Å². The number of aliphatic hydroxyl groups is 1. The number of Topliss-reactive ketones (excluding diaryl/α,β-unsaturated/α-hetero) is 1. The molecule has 2 aromatic rings. The standard InChI is InChI=1S/C27H35N5O5S/c1-4-16(2)22(26(36)32-13-20(33)24-23(32)21(34)14-37-24)29-25(35)18-7-5-17(6-8-18)19-15-38-27(28-19)31-11-9-30(3)10-12-31/h5-8,15-16,20,22-24,33H,4,9-14H2,1-3H3,(H,29,35)/t16-,20+,22-,23+,24+/m0/s1. The van der Waals surface area contributed by atoms with Gasteiger partial charge in [0.2, 0.25) is 5.91 Å². The van der Waals surface area contributed by atoms with Crippen molar-refractivity contribution in [2.24, 2.45) is 5.92 Å². The van der Waals surface area contributed by atoms with Gasteiger partial charge >= 0.3 is 0 Å². The lowest BCUT2D eigenvalue weighted by molar-refractivity contribution is -0.139.